The number of amides is 1. The minimum Gasteiger partial charge on any atom is -0.612 e. The first-order chi connectivity index (χ1) is 12.5. The van der Waals surface area contributed by atoms with Gasteiger partial charge in [-0.2, -0.15) is 0 Å². The summed E-state index contributed by atoms with van der Waals surface area (Å²) in [6.45, 7) is 1.61. The van der Waals surface area contributed by atoms with Crippen molar-refractivity contribution in [2.45, 2.75) is 30.3 Å². The lowest BCUT2D eigenvalue weighted by Gasteiger charge is -2.32. The molecule has 26 heavy (non-hydrogen) atoms. The Hall–Kier alpha value is -1.50. The Balaban J connectivity index is 1.57. The molecule has 1 atom stereocenters. The zero-order chi connectivity index (χ0) is 18.5. The van der Waals surface area contributed by atoms with Crippen LogP contribution in [0.5, 0.6) is 0 Å². The van der Waals surface area contributed by atoms with Crippen molar-refractivity contribution >= 4 is 33.2 Å². The van der Waals surface area contributed by atoms with Crippen molar-refractivity contribution in [2.75, 3.05) is 19.3 Å². The van der Waals surface area contributed by atoms with Gasteiger partial charge in [-0.05, 0) is 41.6 Å². The molecular weight excluding hydrogens is 414 g/mol. The molecule has 4 nitrogen and oxygen atoms in total. The molecule has 0 aromatic heterocycles. The quantitative estimate of drug-likeness (QED) is 0.653. The summed E-state index contributed by atoms with van der Waals surface area (Å²) in [6, 6.07) is 15.7. The predicted octanol–water partition coefficient (Wildman–Crippen LogP) is 4.70. The molecule has 2 aromatic rings. The molecule has 1 heterocycles. The van der Waals surface area contributed by atoms with E-state index < -0.39 is 11.2 Å². The molecule has 1 fully saturated rings. The molecule has 0 aliphatic carbocycles. The number of halogens is 1. The van der Waals surface area contributed by atoms with Gasteiger partial charge in [-0.3, -0.25) is 0 Å². The first-order valence-corrected chi connectivity index (χ1v) is 11.0. The van der Waals surface area contributed by atoms with Crippen LogP contribution < -0.4 is 0 Å². The number of rotatable bonds is 4. The number of likely N-dealkylation sites (tertiary alicyclic amines) is 1. The second-order valence-electron chi connectivity index (χ2n) is 6.44. The van der Waals surface area contributed by atoms with E-state index in [0.717, 1.165) is 33.3 Å². The summed E-state index contributed by atoms with van der Waals surface area (Å²) in [5, 5.41) is 0. The van der Waals surface area contributed by atoms with E-state index in [1.54, 1.807) is 11.2 Å². The van der Waals surface area contributed by atoms with Gasteiger partial charge < -0.3 is 14.2 Å². The Bertz CT molecular complexity index is 746. The smallest absolute Gasteiger partial charge is 0.410 e. The topological polar surface area (TPSA) is 52.6 Å². The fourth-order valence-corrected chi connectivity index (χ4v) is 4.65. The average molecular weight is 436 g/mol. The summed E-state index contributed by atoms with van der Waals surface area (Å²) >= 11 is 2.42. The van der Waals surface area contributed by atoms with Gasteiger partial charge in [0.15, 0.2) is 4.90 Å². The Kier molecular flexibility index (Phi) is 6.62. The molecule has 0 spiro atoms. The van der Waals surface area contributed by atoms with Gasteiger partial charge in [-0.25, -0.2) is 4.79 Å². The predicted molar refractivity (Wildman–Crippen MR) is 107 cm³/mol. The fraction of sp³-hybridized carbons (Fsp3) is 0.350. The minimum absolute atomic E-state index is 0.262. The van der Waals surface area contributed by atoms with E-state index >= 15 is 0 Å². The van der Waals surface area contributed by atoms with Crippen LogP contribution in [0.4, 0.5) is 4.79 Å². The van der Waals surface area contributed by atoms with Gasteiger partial charge in [0.2, 0.25) is 0 Å². The molecule has 1 unspecified atom stereocenters. The Labute approximate surface area is 165 Å². The molecule has 0 N–H and O–H groups in total. The lowest BCUT2D eigenvalue weighted by atomic mass is 9.89. The maximum absolute atomic E-state index is 12.3. The van der Waals surface area contributed by atoms with Crippen LogP contribution >= 0.6 is 15.9 Å². The number of hydrogen-bond acceptors (Lipinski definition) is 3. The summed E-state index contributed by atoms with van der Waals surface area (Å²) in [5.74, 6) is 0.320. The molecule has 1 aliphatic heterocycles. The number of hydrogen-bond donors (Lipinski definition) is 0. The van der Waals surface area contributed by atoms with E-state index in [0.29, 0.717) is 25.6 Å². The Morgan fingerprint density at radius 3 is 2.58 bits per heavy atom. The van der Waals surface area contributed by atoms with Crippen LogP contribution in [0.2, 0.25) is 0 Å². The SMILES string of the molecule is C[S+]([O-])c1cc(Br)ccc1C1CCN(C(=O)OCc2ccccc2)CC1. The minimum atomic E-state index is -1.03. The lowest BCUT2D eigenvalue weighted by molar-refractivity contribution is 0.0869. The highest BCUT2D eigenvalue weighted by atomic mass is 79.9. The van der Waals surface area contributed by atoms with Crippen molar-refractivity contribution in [1.82, 2.24) is 4.90 Å². The van der Waals surface area contributed by atoms with E-state index in [1.807, 2.05) is 42.5 Å². The second-order valence-corrected chi connectivity index (χ2v) is 8.70. The maximum atomic E-state index is 12.3. The third kappa shape index (κ3) is 4.81. The lowest BCUT2D eigenvalue weighted by Crippen LogP contribution is -2.38. The molecule has 6 heteroatoms. The van der Waals surface area contributed by atoms with Crippen LogP contribution in [0.25, 0.3) is 0 Å². The van der Waals surface area contributed by atoms with Gasteiger partial charge in [0, 0.05) is 29.2 Å². The average Bonchev–Trinajstić information content (AvgIpc) is 2.67. The maximum Gasteiger partial charge on any atom is 0.410 e. The molecule has 138 valence electrons. The summed E-state index contributed by atoms with van der Waals surface area (Å²) in [5.41, 5.74) is 2.12. The summed E-state index contributed by atoms with van der Waals surface area (Å²) in [6.07, 6.45) is 3.15. The second kappa shape index (κ2) is 8.93. The van der Waals surface area contributed by atoms with Crippen molar-refractivity contribution < 1.29 is 14.1 Å². The van der Waals surface area contributed by atoms with E-state index in [-0.39, 0.29) is 6.09 Å². The largest absolute Gasteiger partial charge is 0.612 e. The molecule has 1 saturated heterocycles. The van der Waals surface area contributed by atoms with Crippen LogP contribution in [0.3, 0.4) is 0 Å². The number of nitrogens with zero attached hydrogens (tertiary/aromatic N) is 1. The third-order valence-corrected chi connectivity index (χ3v) is 6.15. The highest BCUT2D eigenvalue weighted by Gasteiger charge is 2.28. The first-order valence-electron chi connectivity index (χ1n) is 8.63. The molecule has 3 rings (SSSR count). The van der Waals surface area contributed by atoms with Crippen molar-refractivity contribution in [3.05, 3.63) is 64.1 Å². The molecule has 0 bridgehead atoms. The zero-order valence-corrected chi connectivity index (χ0v) is 17.1. The molecular formula is C20H22BrNO3S. The molecule has 1 amide bonds. The van der Waals surface area contributed by atoms with Gasteiger partial charge in [-0.1, -0.05) is 52.3 Å². The highest BCUT2D eigenvalue weighted by molar-refractivity contribution is 9.10. The monoisotopic (exact) mass is 435 g/mol. The Morgan fingerprint density at radius 2 is 1.92 bits per heavy atom. The molecule has 2 aromatic carbocycles. The molecule has 0 radical (unpaired) electrons. The third-order valence-electron chi connectivity index (χ3n) is 4.68. The van der Waals surface area contributed by atoms with Gasteiger partial charge >= 0.3 is 6.09 Å². The van der Waals surface area contributed by atoms with Crippen molar-refractivity contribution in [3.8, 4) is 0 Å². The van der Waals surface area contributed by atoms with Gasteiger partial charge in [-0.15, -0.1) is 0 Å². The van der Waals surface area contributed by atoms with Gasteiger partial charge in [0.25, 0.3) is 0 Å². The van der Waals surface area contributed by atoms with E-state index in [9.17, 15) is 9.35 Å². The van der Waals surface area contributed by atoms with Crippen molar-refractivity contribution in [2.24, 2.45) is 0 Å². The number of benzene rings is 2. The van der Waals surface area contributed by atoms with E-state index in [1.165, 1.54) is 0 Å². The van der Waals surface area contributed by atoms with Gasteiger partial charge in [0.1, 0.15) is 12.9 Å². The van der Waals surface area contributed by atoms with Crippen LogP contribution in [0.15, 0.2) is 57.9 Å². The Morgan fingerprint density at radius 1 is 1.23 bits per heavy atom. The van der Waals surface area contributed by atoms with Crippen LogP contribution in [0.1, 0.15) is 29.9 Å². The standard InChI is InChI=1S/C20H22BrNO3S/c1-26(24)19-13-17(21)7-8-18(19)16-9-11-22(12-10-16)20(23)25-14-15-5-3-2-4-6-15/h2-8,13,16H,9-12,14H2,1H3. The number of carbonyl (C=O) groups is 1. The van der Waals surface area contributed by atoms with Crippen LogP contribution in [-0.4, -0.2) is 34.9 Å². The number of carbonyl (C=O) groups excluding carboxylic acids is 1. The van der Waals surface area contributed by atoms with Crippen LogP contribution in [0, 0.1) is 0 Å². The van der Waals surface area contributed by atoms with E-state index in [4.69, 9.17) is 4.74 Å². The summed E-state index contributed by atoms with van der Waals surface area (Å²) in [4.78, 5) is 14.9. The summed E-state index contributed by atoms with van der Waals surface area (Å²) < 4.78 is 18.4. The van der Waals surface area contributed by atoms with Crippen LogP contribution in [-0.2, 0) is 22.5 Å². The first kappa shape index (κ1) is 19.3. The van der Waals surface area contributed by atoms with E-state index in [2.05, 4.69) is 22.0 Å². The molecule has 1 aliphatic rings. The summed E-state index contributed by atoms with van der Waals surface area (Å²) in [7, 11) is 0. The van der Waals surface area contributed by atoms with Gasteiger partial charge in [0.05, 0.1) is 0 Å². The van der Waals surface area contributed by atoms with Crippen molar-refractivity contribution in [1.29, 1.82) is 0 Å². The highest BCUT2D eigenvalue weighted by Crippen LogP contribution is 2.34. The van der Waals surface area contributed by atoms with Crippen molar-refractivity contribution in [3.63, 3.8) is 0 Å². The zero-order valence-electron chi connectivity index (χ0n) is 14.7. The number of piperidine rings is 1. The molecule has 0 saturated carbocycles. The normalized spacial score (nSPS) is 16.3. The number of ether oxygens (including phenoxy) is 1. The fourth-order valence-electron chi connectivity index (χ4n) is 3.28.